The van der Waals surface area contributed by atoms with Crippen molar-refractivity contribution in [2.75, 3.05) is 6.61 Å². The molecular weight excluding hydrogens is 270 g/mol. The third kappa shape index (κ3) is 5.03. The van der Waals surface area contributed by atoms with Crippen molar-refractivity contribution in [3.63, 3.8) is 0 Å². The summed E-state index contributed by atoms with van der Waals surface area (Å²) in [7, 11) is 0. The lowest BCUT2D eigenvalue weighted by Gasteiger charge is -2.06. The monoisotopic (exact) mass is 288 g/mol. The molecule has 2 aromatic rings. The molecule has 0 aliphatic heterocycles. The number of rotatable bonds is 6. The Morgan fingerprint density at radius 3 is 2.33 bits per heavy atom. The first-order valence-corrected chi connectivity index (χ1v) is 7.04. The largest absolute Gasteiger partial charge is 0.493 e. The summed E-state index contributed by atoms with van der Waals surface area (Å²) in [5, 5.41) is 0. The lowest BCUT2D eigenvalue weighted by Crippen LogP contribution is -1.97. The summed E-state index contributed by atoms with van der Waals surface area (Å²) >= 11 is 0. The van der Waals surface area contributed by atoms with Gasteiger partial charge in [0.05, 0.1) is 6.61 Å². The maximum Gasteiger partial charge on any atom is 0.127 e. The summed E-state index contributed by atoms with van der Waals surface area (Å²) in [5.41, 5.74) is 1.57. The Balaban J connectivity index is 2.10. The van der Waals surface area contributed by atoms with Gasteiger partial charge < -0.3 is 4.74 Å². The van der Waals surface area contributed by atoms with Crippen LogP contribution in [0, 0.1) is 11.6 Å². The van der Waals surface area contributed by atoms with Crippen LogP contribution in [-0.4, -0.2) is 6.61 Å². The van der Waals surface area contributed by atoms with E-state index < -0.39 is 0 Å². The van der Waals surface area contributed by atoms with Crippen molar-refractivity contribution < 1.29 is 13.5 Å². The van der Waals surface area contributed by atoms with Crippen LogP contribution >= 0.6 is 0 Å². The summed E-state index contributed by atoms with van der Waals surface area (Å²) in [6.07, 6.45) is 5.57. The van der Waals surface area contributed by atoms with Gasteiger partial charge in [0.1, 0.15) is 17.4 Å². The highest BCUT2D eigenvalue weighted by atomic mass is 19.1. The Morgan fingerprint density at radius 1 is 0.905 bits per heavy atom. The van der Waals surface area contributed by atoms with Crippen LogP contribution in [0.4, 0.5) is 8.78 Å². The number of ether oxygens (including phenoxy) is 1. The highest BCUT2D eigenvalue weighted by molar-refractivity contribution is 5.70. The van der Waals surface area contributed by atoms with Crippen molar-refractivity contribution in [3.8, 4) is 5.75 Å². The third-order valence-electron chi connectivity index (χ3n) is 3.00. The molecule has 21 heavy (non-hydrogen) atoms. The summed E-state index contributed by atoms with van der Waals surface area (Å²) < 4.78 is 31.9. The number of halogens is 2. The Morgan fingerprint density at radius 2 is 1.62 bits per heavy atom. The zero-order chi connectivity index (χ0) is 15.1. The molecule has 0 aliphatic carbocycles. The average Bonchev–Trinajstić information content (AvgIpc) is 2.46. The van der Waals surface area contributed by atoms with Crippen LogP contribution in [-0.2, 0) is 0 Å². The molecule has 0 radical (unpaired) electrons. The molecule has 0 saturated carbocycles. The van der Waals surface area contributed by atoms with E-state index in [-0.39, 0.29) is 11.6 Å². The van der Waals surface area contributed by atoms with Gasteiger partial charge in [-0.1, -0.05) is 37.6 Å². The van der Waals surface area contributed by atoms with Gasteiger partial charge in [-0.3, -0.25) is 0 Å². The van der Waals surface area contributed by atoms with E-state index in [1.54, 1.807) is 24.3 Å². The molecule has 2 rings (SSSR count). The van der Waals surface area contributed by atoms with Gasteiger partial charge in [-0.15, -0.1) is 0 Å². The molecule has 0 heterocycles. The molecule has 0 unspecified atom stereocenters. The molecule has 110 valence electrons. The minimum Gasteiger partial charge on any atom is -0.493 e. The fourth-order valence-corrected chi connectivity index (χ4v) is 1.86. The zero-order valence-corrected chi connectivity index (χ0v) is 12.0. The molecule has 0 fully saturated rings. The van der Waals surface area contributed by atoms with Gasteiger partial charge in [-0.2, -0.15) is 0 Å². The highest BCUT2D eigenvalue weighted by Crippen LogP contribution is 2.19. The van der Waals surface area contributed by atoms with E-state index in [4.69, 9.17) is 4.74 Å². The van der Waals surface area contributed by atoms with Crippen molar-refractivity contribution in [1.29, 1.82) is 0 Å². The van der Waals surface area contributed by atoms with E-state index in [9.17, 15) is 8.78 Å². The van der Waals surface area contributed by atoms with E-state index in [0.29, 0.717) is 17.9 Å². The molecule has 0 spiro atoms. The number of benzene rings is 2. The normalized spacial score (nSPS) is 11.0. The molecule has 1 nitrogen and oxygen atoms in total. The minimum atomic E-state index is -0.331. The van der Waals surface area contributed by atoms with Gasteiger partial charge in [-0.05, 0) is 41.8 Å². The summed E-state index contributed by atoms with van der Waals surface area (Å²) in [6, 6.07) is 10.7. The van der Waals surface area contributed by atoms with E-state index >= 15 is 0 Å². The number of unbranched alkanes of at least 4 members (excludes halogenated alkanes) is 1. The number of hydrogen-bond donors (Lipinski definition) is 0. The molecule has 0 atom stereocenters. The minimum absolute atomic E-state index is 0.274. The quantitative estimate of drug-likeness (QED) is 0.516. The smallest absolute Gasteiger partial charge is 0.127 e. The van der Waals surface area contributed by atoms with E-state index in [1.807, 2.05) is 6.08 Å². The van der Waals surface area contributed by atoms with Crippen molar-refractivity contribution in [2.24, 2.45) is 0 Å². The first-order chi connectivity index (χ1) is 10.2. The molecule has 2 aromatic carbocycles. The Hall–Kier alpha value is -2.16. The number of hydrogen-bond acceptors (Lipinski definition) is 1. The van der Waals surface area contributed by atoms with Crippen LogP contribution in [0.5, 0.6) is 5.75 Å². The second kappa shape index (κ2) is 7.58. The molecule has 0 aliphatic rings. The van der Waals surface area contributed by atoms with Crippen molar-refractivity contribution in [2.45, 2.75) is 19.8 Å². The standard InChI is InChI=1S/C18H18F2O/c1-2-3-10-21-18-12-15(11-17(20)13-18)5-4-14-6-8-16(19)9-7-14/h4-9,11-13H,2-3,10H2,1H3/b5-4+. The Bertz CT molecular complexity index is 603. The van der Waals surface area contributed by atoms with Crippen LogP contribution in [0.2, 0.25) is 0 Å². The van der Waals surface area contributed by atoms with Gasteiger partial charge in [-0.25, -0.2) is 8.78 Å². The molecule has 0 saturated heterocycles. The molecule has 0 amide bonds. The maximum atomic E-state index is 13.6. The van der Waals surface area contributed by atoms with Crippen LogP contribution in [0.25, 0.3) is 12.2 Å². The molecule has 0 bridgehead atoms. The second-order valence-electron chi connectivity index (χ2n) is 4.81. The zero-order valence-electron chi connectivity index (χ0n) is 12.0. The topological polar surface area (TPSA) is 9.23 Å². The molecule has 0 N–H and O–H groups in total. The lowest BCUT2D eigenvalue weighted by molar-refractivity contribution is 0.308. The van der Waals surface area contributed by atoms with E-state index in [0.717, 1.165) is 18.4 Å². The van der Waals surface area contributed by atoms with Gasteiger partial charge in [0, 0.05) is 6.07 Å². The van der Waals surface area contributed by atoms with Gasteiger partial charge >= 0.3 is 0 Å². The van der Waals surface area contributed by atoms with Crippen molar-refractivity contribution in [1.82, 2.24) is 0 Å². The first kappa shape index (κ1) is 15.2. The average molecular weight is 288 g/mol. The van der Waals surface area contributed by atoms with Crippen LogP contribution in [0.1, 0.15) is 30.9 Å². The van der Waals surface area contributed by atoms with Crippen LogP contribution < -0.4 is 4.74 Å². The van der Waals surface area contributed by atoms with Crippen LogP contribution in [0.15, 0.2) is 42.5 Å². The van der Waals surface area contributed by atoms with Crippen LogP contribution in [0.3, 0.4) is 0 Å². The summed E-state index contributed by atoms with van der Waals surface area (Å²) in [6.45, 7) is 2.66. The van der Waals surface area contributed by atoms with Gasteiger partial charge in [0.25, 0.3) is 0 Å². The third-order valence-corrected chi connectivity index (χ3v) is 3.00. The van der Waals surface area contributed by atoms with Crippen molar-refractivity contribution >= 4 is 12.2 Å². The lowest BCUT2D eigenvalue weighted by atomic mass is 10.1. The molecule has 3 heteroatoms. The second-order valence-corrected chi connectivity index (χ2v) is 4.81. The Labute approximate surface area is 123 Å². The van der Waals surface area contributed by atoms with E-state index in [2.05, 4.69) is 6.92 Å². The fraction of sp³-hybridized carbons (Fsp3) is 0.222. The maximum absolute atomic E-state index is 13.6. The highest BCUT2D eigenvalue weighted by Gasteiger charge is 2.00. The molecule has 0 aromatic heterocycles. The van der Waals surface area contributed by atoms with E-state index in [1.165, 1.54) is 24.3 Å². The SMILES string of the molecule is CCCCOc1cc(F)cc(/C=C/c2ccc(F)cc2)c1. The van der Waals surface area contributed by atoms with Crippen molar-refractivity contribution in [3.05, 3.63) is 65.2 Å². The summed E-state index contributed by atoms with van der Waals surface area (Å²) in [5.74, 6) is -0.0746. The predicted octanol–water partition coefficient (Wildman–Crippen LogP) is 5.31. The fourth-order valence-electron chi connectivity index (χ4n) is 1.86. The predicted molar refractivity (Wildman–Crippen MR) is 82.1 cm³/mol. The molecular formula is C18H18F2O. The Kier molecular flexibility index (Phi) is 5.50. The first-order valence-electron chi connectivity index (χ1n) is 7.04. The van der Waals surface area contributed by atoms with Gasteiger partial charge in [0.15, 0.2) is 0 Å². The summed E-state index contributed by atoms with van der Waals surface area (Å²) in [4.78, 5) is 0. The van der Waals surface area contributed by atoms with Gasteiger partial charge in [0.2, 0.25) is 0 Å².